The van der Waals surface area contributed by atoms with Crippen LogP contribution in [0.25, 0.3) is 11.4 Å². The largest absolute Gasteiger partial charge is 0.497 e. The molecule has 4 N–H and O–H groups in total. The summed E-state index contributed by atoms with van der Waals surface area (Å²) in [5, 5.41) is 10.4. The molecule has 0 unspecified atom stereocenters. The fourth-order valence-corrected chi connectivity index (χ4v) is 2.91. The number of hydrogen-bond acceptors (Lipinski definition) is 5. The minimum Gasteiger partial charge on any atom is -0.497 e. The van der Waals surface area contributed by atoms with Gasteiger partial charge in [-0.15, -0.1) is 9.77 Å². The zero-order valence-electron chi connectivity index (χ0n) is 13.6. The number of nitrogens with one attached hydrogen (secondary N) is 2. The number of benzene rings is 2. The molecule has 1 heterocycles. The lowest BCUT2D eigenvalue weighted by Gasteiger charge is -2.05. The Morgan fingerprint density at radius 2 is 2.08 bits per heavy atom. The number of methoxy groups -OCH3 is 1. The topological polar surface area (TPSA) is 96.9 Å². The highest BCUT2D eigenvalue weighted by Crippen LogP contribution is 2.19. The van der Waals surface area contributed by atoms with Crippen molar-refractivity contribution in [1.82, 2.24) is 10.2 Å². The number of anilines is 1. The van der Waals surface area contributed by atoms with Crippen molar-refractivity contribution in [1.29, 1.82) is 0 Å². The SMILES string of the molecule is COc1cccc(NC(=O)CSc2n[nH]c(-c3ccccc3)[n+]2N)c1. The van der Waals surface area contributed by atoms with Crippen LogP contribution in [-0.4, -0.2) is 29.0 Å². The van der Waals surface area contributed by atoms with Crippen molar-refractivity contribution in [2.75, 3.05) is 24.0 Å². The van der Waals surface area contributed by atoms with Gasteiger partial charge >= 0.3 is 5.16 Å². The van der Waals surface area contributed by atoms with E-state index >= 15 is 0 Å². The molecule has 0 aliphatic heterocycles. The Labute approximate surface area is 149 Å². The van der Waals surface area contributed by atoms with Crippen molar-refractivity contribution in [2.24, 2.45) is 0 Å². The second-order valence-corrected chi connectivity index (χ2v) is 6.10. The molecule has 0 saturated carbocycles. The molecule has 8 heteroatoms. The second kappa shape index (κ2) is 7.71. The molecule has 0 atom stereocenters. The summed E-state index contributed by atoms with van der Waals surface area (Å²) in [4.78, 5) is 12.1. The van der Waals surface area contributed by atoms with E-state index in [0.29, 0.717) is 22.4 Å². The third-order valence-corrected chi connectivity index (χ3v) is 4.39. The normalized spacial score (nSPS) is 10.4. The molecule has 0 spiro atoms. The van der Waals surface area contributed by atoms with Gasteiger partial charge in [-0.2, -0.15) is 0 Å². The molecule has 3 rings (SSSR count). The summed E-state index contributed by atoms with van der Waals surface area (Å²) in [6.07, 6.45) is 0. The zero-order valence-corrected chi connectivity index (χ0v) is 14.4. The molecule has 1 amide bonds. The number of thioether (sulfide) groups is 1. The van der Waals surface area contributed by atoms with Crippen LogP contribution in [0.2, 0.25) is 0 Å². The summed E-state index contributed by atoms with van der Waals surface area (Å²) in [6, 6.07) is 16.8. The van der Waals surface area contributed by atoms with E-state index in [-0.39, 0.29) is 11.7 Å². The van der Waals surface area contributed by atoms with E-state index in [1.807, 2.05) is 42.5 Å². The van der Waals surface area contributed by atoms with E-state index < -0.39 is 0 Å². The lowest BCUT2D eigenvalue weighted by atomic mass is 10.2. The summed E-state index contributed by atoms with van der Waals surface area (Å²) in [5.74, 6) is 7.47. The Bertz CT molecular complexity index is 866. The average Bonchev–Trinajstić information content (AvgIpc) is 3.01. The number of amides is 1. The Hall–Kier alpha value is -3.00. The van der Waals surface area contributed by atoms with E-state index in [4.69, 9.17) is 10.6 Å². The highest BCUT2D eigenvalue weighted by Gasteiger charge is 2.21. The average molecular weight is 356 g/mol. The number of hydrogen-bond donors (Lipinski definition) is 3. The molecule has 0 bridgehead atoms. The Morgan fingerprint density at radius 1 is 1.28 bits per heavy atom. The summed E-state index contributed by atoms with van der Waals surface area (Å²) in [5.41, 5.74) is 1.60. The molecule has 25 heavy (non-hydrogen) atoms. The van der Waals surface area contributed by atoms with E-state index in [9.17, 15) is 4.79 Å². The van der Waals surface area contributed by atoms with Gasteiger partial charge in [-0.05, 0) is 36.0 Å². The fourth-order valence-electron chi connectivity index (χ4n) is 2.23. The predicted octanol–water partition coefficient (Wildman–Crippen LogP) is 1.82. The molecule has 1 aromatic heterocycles. The maximum atomic E-state index is 12.1. The molecule has 3 aromatic rings. The van der Waals surface area contributed by atoms with Gasteiger partial charge in [-0.25, -0.2) is 0 Å². The third kappa shape index (κ3) is 4.10. The molecule has 7 nitrogen and oxygen atoms in total. The van der Waals surface area contributed by atoms with Crippen molar-refractivity contribution in [3.8, 4) is 17.1 Å². The van der Waals surface area contributed by atoms with E-state index in [1.165, 1.54) is 16.4 Å². The molecule has 0 aliphatic rings. The van der Waals surface area contributed by atoms with Crippen LogP contribution in [0.4, 0.5) is 5.69 Å². The standard InChI is InChI=1S/C17H17N5O2S/c1-24-14-9-5-8-13(10-14)19-15(23)11-25-17-21-20-16(22(17)18)12-6-3-2-4-7-12/h2-10H,11,18H2,1H3,(H,19,23)/p+1. The van der Waals surface area contributed by atoms with Crippen LogP contribution in [0.3, 0.4) is 0 Å². The number of carbonyl (C=O) groups is 1. The van der Waals surface area contributed by atoms with Gasteiger partial charge in [0, 0.05) is 11.8 Å². The predicted molar refractivity (Wildman–Crippen MR) is 96.7 cm³/mol. The first-order valence-corrected chi connectivity index (χ1v) is 8.53. The van der Waals surface area contributed by atoms with E-state index in [1.54, 1.807) is 19.2 Å². The van der Waals surface area contributed by atoms with Gasteiger partial charge in [0.05, 0.1) is 23.5 Å². The summed E-state index contributed by atoms with van der Waals surface area (Å²) >= 11 is 1.25. The Balaban J connectivity index is 1.62. The molecular formula is C17H18N5O2S+. The van der Waals surface area contributed by atoms with Crippen LogP contribution in [0.15, 0.2) is 59.8 Å². The van der Waals surface area contributed by atoms with Crippen molar-refractivity contribution in [3.05, 3.63) is 54.6 Å². The van der Waals surface area contributed by atoms with Gasteiger partial charge in [0.15, 0.2) is 0 Å². The second-order valence-electron chi connectivity index (χ2n) is 5.16. The first-order valence-electron chi connectivity index (χ1n) is 7.55. The lowest BCUT2D eigenvalue weighted by Crippen LogP contribution is -2.47. The molecule has 2 aromatic carbocycles. The zero-order chi connectivity index (χ0) is 17.6. The van der Waals surface area contributed by atoms with E-state index in [2.05, 4.69) is 15.5 Å². The molecular weight excluding hydrogens is 338 g/mol. The van der Waals surface area contributed by atoms with E-state index in [0.717, 1.165) is 5.56 Å². The monoisotopic (exact) mass is 356 g/mol. The molecule has 0 radical (unpaired) electrons. The Kier molecular flexibility index (Phi) is 5.20. The highest BCUT2D eigenvalue weighted by molar-refractivity contribution is 7.99. The molecule has 0 fully saturated rings. The summed E-state index contributed by atoms with van der Waals surface area (Å²) in [7, 11) is 1.58. The summed E-state index contributed by atoms with van der Waals surface area (Å²) in [6.45, 7) is 0. The van der Waals surface area contributed by atoms with Gasteiger partial charge in [0.2, 0.25) is 5.91 Å². The van der Waals surface area contributed by atoms with Gasteiger partial charge in [0.1, 0.15) is 5.75 Å². The number of rotatable bonds is 6. The molecule has 128 valence electrons. The minimum absolute atomic E-state index is 0.150. The maximum absolute atomic E-state index is 12.1. The van der Waals surface area contributed by atoms with Crippen molar-refractivity contribution in [2.45, 2.75) is 5.16 Å². The number of aromatic nitrogens is 3. The fraction of sp³-hybridized carbons (Fsp3) is 0.118. The van der Waals surface area contributed by atoms with Gasteiger partial charge in [-0.1, -0.05) is 24.3 Å². The maximum Gasteiger partial charge on any atom is 0.358 e. The van der Waals surface area contributed by atoms with Crippen LogP contribution in [-0.2, 0) is 4.79 Å². The van der Waals surface area contributed by atoms with Gasteiger partial charge in [0.25, 0.3) is 5.82 Å². The van der Waals surface area contributed by atoms with Crippen LogP contribution in [0.5, 0.6) is 5.75 Å². The highest BCUT2D eigenvalue weighted by atomic mass is 32.2. The minimum atomic E-state index is -0.150. The lowest BCUT2D eigenvalue weighted by molar-refractivity contribution is -0.666. The van der Waals surface area contributed by atoms with Gasteiger partial charge in [-0.3, -0.25) is 10.6 Å². The smallest absolute Gasteiger partial charge is 0.358 e. The molecule has 0 saturated heterocycles. The number of H-pyrrole nitrogens is 1. The number of aromatic amines is 1. The Morgan fingerprint density at radius 3 is 2.84 bits per heavy atom. The van der Waals surface area contributed by atoms with Crippen LogP contribution in [0.1, 0.15) is 0 Å². The quantitative estimate of drug-likeness (QED) is 0.356. The summed E-state index contributed by atoms with van der Waals surface area (Å²) < 4.78 is 6.58. The van der Waals surface area contributed by atoms with Crippen molar-refractivity contribution in [3.63, 3.8) is 0 Å². The first kappa shape index (κ1) is 16.8. The van der Waals surface area contributed by atoms with Crippen molar-refractivity contribution < 1.29 is 14.2 Å². The van der Waals surface area contributed by atoms with Crippen molar-refractivity contribution >= 4 is 23.4 Å². The number of nitrogens with zero attached hydrogens (tertiary/aromatic N) is 2. The number of ether oxygens (including phenoxy) is 1. The van der Waals surface area contributed by atoms with Crippen LogP contribution < -0.4 is 20.6 Å². The number of carbonyl (C=O) groups excluding carboxylic acids is 1. The van der Waals surface area contributed by atoms with Gasteiger partial charge < -0.3 is 10.1 Å². The third-order valence-electron chi connectivity index (χ3n) is 3.44. The van der Waals surface area contributed by atoms with Crippen LogP contribution >= 0.6 is 11.8 Å². The number of nitrogen functional groups attached to an aromatic ring is 1. The number of nitrogens with two attached hydrogens (primary N) is 1. The van der Waals surface area contributed by atoms with Crippen LogP contribution in [0, 0.1) is 0 Å². The molecule has 0 aliphatic carbocycles. The first-order chi connectivity index (χ1) is 12.2.